The number of aliphatic carboxylic acids is 1. The minimum Gasteiger partial charge on any atom is -0.497 e. The summed E-state index contributed by atoms with van der Waals surface area (Å²) in [6, 6.07) is 12.7. The topological polar surface area (TPSA) is 46.5 Å². The molecule has 0 saturated heterocycles. The Kier molecular flexibility index (Phi) is 4.15. The van der Waals surface area contributed by atoms with E-state index in [9.17, 15) is 14.3 Å². The molecule has 3 nitrogen and oxygen atoms in total. The fourth-order valence-electron chi connectivity index (χ4n) is 1.80. The molecule has 0 radical (unpaired) electrons. The number of carboxylic acids is 1. The van der Waals surface area contributed by atoms with Gasteiger partial charge in [-0.3, -0.25) is 0 Å². The molecule has 0 aliphatic heterocycles. The van der Waals surface area contributed by atoms with Crippen molar-refractivity contribution >= 4 is 17.6 Å². The van der Waals surface area contributed by atoms with Gasteiger partial charge in [-0.05, 0) is 29.8 Å². The minimum atomic E-state index is -1.18. The second-order valence-electron chi connectivity index (χ2n) is 4.12. The van der Waals surface area contributed by atoms with Gasteiger partial charge in [0.2, 0.25) is 0 Å². The van der Waals surface area contributed by atoms with E-state index in [4.69, 9.17) is 4.74 Å². The molecule has 0 unspecified atom stereocenters. The molecule has 1 N–H and O–H groups in total. The molecule has 20 heavy (non-hydrogen) atoms. The van der Waals surface area contributed by atoms with Crippen LogP contribution in [0.5, 0.6) is 5.75 Å². The lowest BCUT2D eigenvalue weighted by atomic mass is 10.0. The maximum Gasteiger partial charge on any atom is 0.336 e. The number of rotatable bonds is 4. The summed E-state index contributed by atoms with van der Waals surface area (Å²) in [6.45, 7) is 0. The highest BCUT2D eigenvalue weighted by Gasteiger charge is 2.14. The molecule has 2 rings (SSSR count). The average molecular weight is 272 g/mol. The van der Waals surface area contributed by atoms with Gasteiger partial charge in [-0.1, -0.05) is 30.3 Å². The van der Waals surface area contributed by atoms with E-state index >= 15 is 0 Å². The number of carboxylic acid groups (broad SMARTS) is 1. The van der Waals surface area contributed by atoms with Gasteiger partial charge in [-0.15, -0.1) is 0 Å². The van der Waals surface area contributed by atoms with Crippen molar-refractivity contribution in [1.29, 1.82) is 0 Å². The van der Waals surface area contributed by atoms with Crippen LogP contribution in [0.15, 0.2) is 48.5 Å². The molecule has 0 heterocycles. The maximum absolute atomic E-state index is 13.7. The van der Waals surface area contributed by atoms with Crippen LogP contribution in [-0.4, -0.2) is 18.2 Å². The first-order chi connectivity index (χ1) is 9.61. The van der Waals surface area contributed by atoms with Gasteiger partial charge in [0.15, 0.2) is 0 Å². The molecule has 4 heteroatoms. The molecule has 0 amide bonds. The number of methoxy groups -OCH3 is 1. The van der Waals surface area contributed by atoms with E-state index in [1.165, 1.54) is 24.3 Å². The van der Waals surface area contributed by atoms with Crippen molar-refractivity contribution in [2.75, 3.05) is 7.11 Å². The zero-order valence-corrected chi connectivity index (χ0v) is 10.8. The highest BCUT2D eigenvalue weighted by Crippen LogP contribution is 2.22. The third-order valence-corrected chi connectivity index (χ3v) is 2.82. The third kappa shape index (κ3) is 3.03. The van der Waals surface area contributed by atoms with Crippen molar-refractivity contribution in [3.05, 3.63) is 65.5 Å². The SMILES string of the molecule is COc1ccc(C=C(C(=O)O)c2ccccc2F)cc1. The smallest absolute Gasteiger partial charge is 0.336 e. The molecular weight excluding hydrogens is 259 g/mol. The molecule has 2 aromatic carbocycles. The number of halogens is 1. The Hall–Kier alpha value is -2.62. The van der Waals surface area contributed by atoms with Gasteiger partial charge in [-0.2, -0.15) is 0 Å². The summed E-state index contributed by atoms with van der Waals surface area (Å²) < 4.78 is 18.7. The summed E-state index contributed by atoms with van der Waals surface area (Å²) >= 11 is 0. The Balaban J connectivity index is 2.45. The van der Waals surface area contributed by atoms with Crippen molar-refractivity contribution in [2.45, 2.75) is 0 Å². The van der Waals surface area contributed by atoms with Gasteiger partial charge >= 0.3 is 5.97 Å². The highest BCUT2D eigenvalue weighted by molar-refractivity contribution is 6.20. The van der Waals surface area contributed by atoms with Crippen molar-refractivity contribution in [2.24, 2.45) is 0 Å². The molecule has 0 saturated carbocycles. The van der Waals surface area contributed by atoms with E-state index < -0.39 is 11.8 Å². The monoisotopic (exact) mass is 272 g/mol. The molecule has 0 fully saturated rings. The van der Waals surface area contributed by atoms with Crippen LogP contribution in [-0.2, 0) is 4.79 Å². The maximum atomic E-state index is 13.7. The van der Waals surface area contributed by atoms with Crippen molar-refractivity contribution in [3.63, 3.8) is 0 Å². The van der Waals surface area contributed by atoms with Crippen LogP contribution in [0.3, 0.4) is 0 Å². The molecule has 0 aliphatic rings. The summed E-state index contributed by atoms with van der Waals surface area (Å²) in [5.74, 6) is -1.06. The number of ether oxygens (including phenoxy) is 1. The van der Waals surface area contributed by atoms with Crippen LogP contribution >= 0.6 is 0 Å². The molecule has 0 aromatic heterocycles. The average Bonchev–Trinajstić information content (AvgIpc) is 2.46. The summed E-state index contributed by atoms with van der Waals surface area (Å²) in [4.78, 5) is 11.3. The number of carbonyl (C=O) groups is 1. The highest BCUT2D eigenvalue weighted by atomic mass is 19.1. The molecule has 0 aliphatic carbocycles. The quantitative estimate of drug-likeness (QED) is 0.685. The van der Waals surface area contributed by atoms with Gasteiger partial charge in [0.05, 0.1) is 12.7 Å². The summed E-state index contributed by atoms with van der Waals surface area (Å²) in [6.07, 6.45) is 1.43. The second kappa shape index (κ2) is 6.02. The summed E-state index contributed by atoms with van der Waals surface area (Å²) in [7, 11) is 1.55. The van der Waals surface area contributed by atoms with E-state index in [-0.39, 0.29) is 11.1 Å². The van der Waals surface area contributed by atoms with Crippen molar-refractivity contribution in [1.82, 2.24) is 0 Å². The molecule has 102 valence electrons. The van der Waals surface area contributed by atoms with E-state index in [2.05, 4.69) is 0 Å². The molecule has 2 aromatic rings. The second-order valence-corrected chi connectivity index (χ2v) is 4.12. The first-order valence-corrected chi connectivity index (χ1v) is 5.96. The fraction of sp³-hybridized carbons (Fsp3) is 0.0625. The van der Waals surface area contributed by atoms with Gasteiger partial charge in [0.25, 0.3) is 0 Å². The van der Waals surface area contributed by atoms with Crippen LogP contribution < -0.4 is 4.74 Å². The zero-order chi connectivity index (χ0) is 14.5. The predicted molar refractivity (Wildman–Crippen MR) is 74.9 cm³/mol. The standard InChI is InChI=1S/C16H13FO3/c1-20-12-8-6-11(7-9-12)10-14(16(18)19)13-4-2-3-5-15(13)17/h2-10H,1H3,(H,18,19). The van der Waals surface area contributed by atoms with E-state index in [1.807, 2.05) is 0 Å². The Bertz CT molecular complexity index is 645. The number of benzene rings is 2. The third-order valence-electron chi connectivity index (χ3n) is 2.82. The normalized spacial score (nSPS) is 11.2. The number of hydrogen-bond acceptors (Lipinski definition) is 2. The molecular formula is C16H13FO3. The Morgan fingerprint density at radius 2 is 1.80 bits per heavy atom. The summed E-state index contributed by atoms with van der Waals surface area (Å²) in [5, 5.41) is 9.25. The van der Waals surface area contributed by atoms with E-state index in [0.29, 0.717) is 11.3 Å². The lowest BCUT2D eigenvalue weighted by Crippen LogP contribution is -2.01. The largest absolute Gasteiger partial charge is 0.497 e. The van der Waals surface area contributed by atoms with Crippen LogP contribution in [0.1, 0.15) is 11.1 Å². The fourth-order valence-corrected chi connectivity index (χ4v) is 1.80. The first kappa shape index (κ1) is 13.8. The lowest BCUT2D eigenvalue weighted by molar-refractivity contribution is -0.130. The Morgan fingerprint density at radius 1 is 1.15 bits per heavy atom. The van der Waals surface area contributed by atoms with Crippen LogP contribution in [0.2, 0.25) is 0 Å². The molecule has 0 bridgehead atoms. The van der Waals surface area contributed by atoms with Crippen molar-refractivity contribution < 1.29 is 19.0 Å². The van der Waals surface area contributed by atoms with Gasteiger partial charge in [-0.25, -0.2) is 9.18 Å². The Labute approximate surface area is 115 Å². The zero-order valence-electron chi connectivity index (χ0n) is 10.8. The van der Waals surface area contributed by atoms with Crippen LogP contribution in [0.25, 0.3) is 11.6 Å². The summed E-state index contributed by atoms with van der Waals surface area (Å²) in [5.41, 5.74) is 0.635. The van der Waals surface area contributed by atoms with Crippen molar-refractivity contribution in [3.8, 4) is 5.75 Å². The van der Waals surface area contributed by atoms with Gasteiger partial charge < -0.3 is 9.84 Å². The molecule has 0 spiro atoms. The van der Waals surface area contributed by atoms with E-state index in [0.717, 1.165) is 0 Å². The molecule has 0 atom stereocenters. The Morgan fingerprint density at radius 3 is 2.35 bits per heavy atom. The first-order valence-electron chi connectivity index (χ1n) is 5.96. The lowest BCUT2D eigenvalue weighted by Gasteiger charge is -2.05. The van der Waals surface area contributed by atoms with E-state index in [1.54, 1.807) is 37.4 Å². The minimum absolute atomic E-state index is 0.0656. The van der Waals surface area contributed by atoms with Crippen LogP contribution in [0.4, 0.5) is 4.39 Å². The van der Waals surface area contributed by atoms with Gasteiger partial charge in [0.1, 0.15) is 11.6 Å². The number of hydrogen-bond donors (Lipinski definition) is 1. The van der Waals surface area contributed by atoms with Crippen LogP contribution in [0, 0.1) is 5.82 Å². The van der Waals surface area contributed by atoms with Gasteiger partial charge in [0, 0.05) is 5.56 Å². The predicted octanol–water partition coefficient (Wildman–Crippen LogP) is 3.46.